The zero-order valence-corrected chi connectivity index (χ0v) is 13.3. The van der Waals surface area contributed by atoms with Crippen molar-refractivity contribution in [1.82, 2.24) is 20.0 Å². The number of nitrogens with two attached hydrogens (primary N) is 1. The minimum absolute atomic E-state index is 0.0869. The molecule has 0 saturated heterocycles. The summed E-state index contributed by atoms with van der Waals surface area (Å²) in [5.41, 5.74) is 7.29. The van der Waals surface area contributed by atoms with Crippen molar-refractivity contribution in [3.63, 3.8) is 0 Å². The SMILES string of the molecule is Nc1c(C(=O)Nc2n[nH]c3cc(O)ccc23)cnn1-c1ccc(F)cc1. The number of phenols is 1. The van der Waals surface area contributed by atoms with Crippen LogP contribution in [0.25, 0.3) is 16.6 Å². The van der Waals surface area contributed by atoms with Crippen molar-refractivity contribution in [3.05, 3.63) is 60.0 Å². The van der Waals surface area contributed by atoms with Crippen molar-refractivity contribution >= 4 is 28.4 Å². The number of hydrogen-bond donors (Lipinski definition) is 4. The molecule has 5 N–H and O–H groups in total. The fourth-order valence-corrected chi connectivity index (χ4v) is 2.60. The quantitative estimate of drug-likeness (QED) is 0.451. The van der Waals surface area contributed by atoms with Gasteiger partial charge >= 0.3 is 0 Å². The number of H-pyrrole nitrogens is 1. The molecule has 0 aliphatic heterocycles. The fraction of sp³-hybridized carbons (Fsp3) is 0. The molecule has 2 heterocycles. The van der Waals surface area contributed by atoms with Crippen LogP contribution in [0, 0.1) is 5.82 Å². The van der Waals surface area contributed by atoms with Crippen LogP contribution in [0.1, 0.15) is 10.4 Å². The van der Waals surface area contributed by atoms with E-state index in [0.717, 1.165) is 0 Å². The normalized spacial score (nSPS) is 11.0. The van der Waals surface area contributed by atoms with Gasteiger partial charge in [0, 0.05) is 11.5 Å². The third-order valence-electron chi connectivity index (χ3n) is 3.90. The third-order valence-corrected chi connectivity index (χ3v) is 3.90. The molecule has 26 heavy (non-hydrogen) atoms. The van der Waals surface area contributed by atoms with E-state index < -0.39 is 5.91 Å². The van der Waals surface area contributed by atoms with Crippen molar-refractivity contribution in [3.8, 4) is 11.4 Å². The van der Waals surface area contributed by atoms with Crippen LogP contribution in [-0.2, 0) is 0 Å². The number of anilines is 2. The topological polar surface area (TPSA) is 122 Å². The Labute approximate surface area is 146 Å². The number of carbonyl (C=O) groups excluding carboxylic acids is 1. The lowest BCUT2D eigenvalue weighted by Gasteiger charge is -2.05. The lowest BCUT2D eigenvalue weighted by molar-refractivity contribution is 0.102. The highest BCUT2D eigenvalue weighted by atomic mass is 19.1. The highest BCUT2D eigenvalue weighted by Gasteiger charge is 2.18. The minimum atomic E-state index is -0.489. The van der Waals surface area contributed by atoms with Gasteiger partial charge in [-0.05, 0) is 36.4 Å². The van der Waals surface area contributed by atoms with Crippen LogP contribution in [0.4, 0.5) is 16.0 Å². The Morgan fingerprint density at radius 2 is 2.00 bits per heavy atom. The highest BCUT2D eigenvalue weighted by Crippen LogP contribution is 2.25. The van der Waals surface area contributed by atoms with Gasteiger partial charge in [-0.25, -0.2) is 9.07 Å². The number of hydrogen-bond acceptors (Lipinski definition) is 5. The largest absolute Gasteiger partial charge is 0.508 e. The molecule has 0 aliphatic carbocycles. The first kappa shape index (κ1) is 15.6. The van der Waals surface area contributed by atoms with Gasteiger partial charge in [-0.3, -0.25) is 9.89 Å². The number of aromatic nitrogens is 4. The molecular formula is C17H13FN6O2. The maximum absolute atomic E-state index is 13.1. The number of nitrogens with zero attached hydrogens (tertiary/aromatic N) is 3. The number of rotatable bonds is 3. The van der Waals surface area contributed by atoms with Crippen LogP contribution in [0.2, 0.25) is 0 Å². The maximum atomic E-state index is 13.1. The summed E-state index contributed by atoms with van der Waals surface area (Å²) in [5, 5.41) is 23.6. The van der Waals surface area contributed by atoms with Crippen LogP contribution in [0.15, 0.2) is 48.7 Å². The Kier molecular flexibility index (Phi) is 3.54. The molecular weight excluding hydrogens is 339 g/mol. The number of amides is 1. The molecule has 2 aromatic carbocycles. The van der Waals surface area contributed by atoms with Crippen molar-refractivity contribution in [1.29, 1.82) is 0 Å². The van der Waals surface area contributed by atoms with Crippen LogP contribution >= 0.6 is 0 Å². The van der Waals surface area contributed by atoms with Crippen molar-refractivity contribution in [2.24, 2.45) is 0 Å². The van der Waals surface area contributed by atoms with E-state index in [0.29, 0.717) is 22.4 Å². The second-order valence-corrected chi connectivity index (χ2v) is 5.59. The Morgan fingerprint density at radius 3 is 2.77 bits per heavy atom. The zero-order valence-electron chi connectivity index (χ0n) is 13.3. The average Bonchev–Trinajstić information content (AvgIpc) is 3.19. The molecule has 8 nitrogen and oxygen atoms in total. The lowest BCUT2D eigenvalue weighted by atomic mass is 10.2. The molecule has 0 fully saturated rings. The summed E-state index contributed by atoms with van der Waals surface area (Å²) in [7, 11) is 0. The van der Waals surface area contributed by atoms with Gasteiger partial charge in [0.25, 0.3) is 5.91 Å². The van der Waals surface area contributed by atoms with E-state index in [-0.39, 0.29) is 22.9 Å². The molecule has 1 amide bonds. The summed E-state index contributed by atoms with van der Waals surface area (Å²) in [5.74, 6) is -0.361. The third kappa shape index (κ3) is 2.61. The Bertz CT molecular complexity index is 1120. The van der Waals surface area contributed by atoms with Gasteiger partial charge in [-0.2, -0.15) is 10.2 Å². The van der Waals surface area contributed by atoms with Gasteiger partial charge in [-0.1, -0.05) is 0 Å². The van der Waals surface area contributed by atoms with Gasteiger partial charge in [0.2, 0.25) is 0 Å². The fourth-order valence-electron chi connectivity index (χ4n) is 2.60. The van der Waals surface area contributed by atoms with E-state index in [9.17, 15) is 14.3 Å². The number of phenolic OH excluding ortho intramolecular Hbond substituents is 1. The molecule has 0 bridgehead atoms. The van der Waals surface area contributed by atoms with Gasteiger partial charge < -0.3 is 16.2 Å². The summed E-state index contributed by atoms with van der Waals surface area (Å²) >= 11 is 0. The Morgan fingerprint density at radius 1 is 1.23 bits per heavy atom. The molecule has 9 heteroatoms. The van der Waals surface area contributed by atoms with Crippen molar-refractivity contribution < 1.29 is 14.3 Å². The van der Waals surface area contributed by atoms with E-state index in [2.05, 4.69) is 20.6 Å². The van der Waals surface area contributed by atoms with E-state index in [1.807, 2.05) is 0 Å². The van der Waals surface area contributed by atoms with Crippen LogP contribution in [0.3, 0.4) is 0 Å². The number of halogens is 1. The van der Waals surface area contributed by atoms with Gasteiger partial charge in [-0.15, -0.1) is 0 Å². The van der Waals surface area contributed by atoms with Gasteiger partial charge in [0.1, 0.15) is 22.9 Å². The molecule has 0 saturated carbocycles. The monoisotopic (exact) mass is 352 g/mol. The lowest BCUT2D eigenvalue weighted by Crippen LogP contribution is -2.14. The number of carbonyl (C=O) groups is 1. The second kappa shape index (κ2) is 5.88. The van der Waals surface area contributed by atoms with E-state index in [4.69, 9.17) is 5.73 Å². The van der Waals surface area contributed by atoms with Crippen LogP contribution in [-0.4, -0.2) is 31.0 Å². The summed E-state index contributed by atoms with van der Waals surface area (Å²) in [6.07, 6.45) is 1.33. The molecule has 4 aromatic rings. The summed E-state index contributed by atoms with van der Waals surface area (Å²) in [4.78, 5) is 12.5. The standard InChI is InChI=1S/C17H13FN6O2/c18-9-1-3-10(4-2-9)24-15(19)13(8-20-24)17(26)21-16-12-6-5-11(25)7-14(12)22-23-16/h1-8,25H,19H2,(H2,21,22,23,26). The molecule has 4 rings (SSSR count). The molecule has 0 unspecified atom stereocenters. The van der Waals surface area contributed by atoms with Crippen LogP contribution < -0.4 is 11.1 Å². The molecule has 2 aromatic heterocycles. The number of benzene rings is 2. The minimum Gasteiger partial charge on any atom is -0.508 e. The van der Waals surface area contributed by atoms with E-state index in [1.165, 1.54) is 47.3 Å². The molecule has 0 radical (unpaired) electrons. The predicted molar refractivity (Wildman–Crippen MR) is 93.6 cm³/mol. The Balaban J connectivity index is 1.63. The predicted octanol–water partition coefficient (Wildman–Crippen LogP) is 2.43. The molecule has 130 valence electrons. The van der Waals surface area contributed by atoms with E-state index in [1.54, 1.807) is 6.07 Å². The number of fused-ring (bicyclic) bond motifs is 1. The summed E-state index contributed by atoms with van der Waals surface area (Å²) < 4.78 is 14.4. The Hall–Kier alpha value is -3.88. The first-order chi connectivity index (χ1) is 12.5. The number of aromatic amines is 1. The van der Waals surface area contributed by atoms with Gasteiger partial charge in [0.15, 0.2) is 5.82 Å². The van der Waals surface area contributed by atoms with Crippen LogP contribution in [0.5, 0.6) is 5.75 Å². The highest BCUT2D eigenvalue weighted by molar-refractivity contribution is 6.10. The average molecular weight is 352 g/mol. The van der Waals surface area contributed by atoms with Gasteiger partial charge in [0.05, 0.1) is 17.4 Å². The smallest absolute Gasteiger partial charge is 0.262 e. The first-order valence-corrected chi connectivity index (χ1v) is 7.61. The number of nitrogen functional groups attached to an aromatic ring is 1. The van der Waals surface area contributed by atoms with Crippen molar-refractivity contribution in [2.75, 3.05) is 11.1 Å². The maximum Gasteiger partial charge on any atom is 0.262 e. The molecule has 0 spiro atoms. The first-order valence-electron chi connectivity index (χ1n) is 7.61. The number of aromatic hydroxyl groups is 1. The molecule has 0 atom stereocenters. The zero-order chi connectivity index (χ0) is 18.3. The number of nitrogens with one attached hydrogen (secondary N) is 2. The van der Waals surface area contributed by atoms with E-state index >= 15 is 0 Å². The molecule has 0 aliphatic rings. The summed E-state index contributed by atoms with van der Waals surface area (Å²) in [6, 6.07) is 10.2. The summed E-state index contributed by atoms with van der Waals surface area (Å²) in [6.45, 7) is 0. The van der Waals surface area contributed by atoms with Crippen molar-refractivity contribution in [2.45, 2.75) is 0 Å². The second-order valence-electron chi connectivity index (χ2n) is 5.59.